The van der Waals surface area contributed by atoms with Gasteiger partial charge in [0.15, 0.2) is 0 Å². The Morgan fingerprint density at radius 1 is 1.04 bits per heavy atom. The second-order valence-electron chi connectivity index (χ2n) is 6.27. The van der Waals surface area contributed by atoms with Crippen molar-refractivity contribution in [2.24, 2.45) is 0 Å². The van der Waals surface area contributed by atoms with E-state index in [-0.39, 0.29) is 23.7 Å². The van der Waals surface area contributed by atoms with Gasteiger partial charge in [-0.15, -0.1) is 0 Å². The molecule has 1 aliphatic rings. The van der Waals surface area contributed by atoms with Gasteiger partial charge in [0.05, 0.1) is 5.69 Å². The second kappa shape index (κ2) is 7.67. The quantitative estimate of drug-likeness (QED) is 0.764. The van der Waals surface area contributed by atoms with Crippen molar-refractivity contribution in [2.45, 2.75) is 18.5 Å². The van der Waals surface area contributed by atoms with Gasteiger partial charge < -0.3 is 4.90 Å². The summed E-state index contributed by atoms with van der Waals surface area (Å²) in [4.78, 5) is 14.1. The number of hydrogen-bond donors (Lipinski definition) is 1. The summed E-state index contributed by atoms with van der Waals surface area (Å²) < 4.78 is 62.3. The summed E-state index contributed by atoms with van der Waals surface area (Å²) in [6.07, 6.45) is 2.28. The first-order chi connectivity index (χ1) is 13.2. The Labute approximate surface area is 160 Å². The number of carbonyl (C=O) groups excluding carboxylic acids is 1. The molecule has 0 aromatic heterocycles. The number of anilines is 1. The SMILES string of the molecule is O=C1/C(=C/c2ccccc2)CCN1Cc1ccccc1NS(=O)(=O)C(F)(F)F. The van der Waals surface area contributed by atoms with Gasteiger partial charge in [-0.05, 0) is 29.7 Å². The van der Waals surface area contributed by atoms with Gasteiger partial charge in [0.25, 0.3) is 0 Å². The molecule has 5 nitrogen and oxygen atoms in total. The van der Waals surface area contributed by atoms with Crippen molar-refractivity contribution in [3.8, 4) is 0 Å². The summed E-state index contributed by atoms with van der Waals surface area (Å²) in [5.41, 5.74) is -3.86. The molecule has 0 saturated carbocycles. The molecule has 3 rings (SSSR count). The van der Waals surface area contributed by atoms with E-state index in [4.69, 9.17) is 0 Å². The molecule has 0 aliphatic carbocycles. The predicted molar refractivity (Wildman–Crippen MR) is 99.5 cm³/mol. The molecule has 2 aromatic rings. The van der Waals surface area contributed by atoms with Crippen LogP contribution in [0.4, 0.5) is 18.9 Å². The summed E-state index contributed by atoms with van der Waals surface area (Å²) >= 11 is 0. The van der Waals surface area contributed by atoms with Crippen LogP contribution in [0.5, 0.6) is 0 Å². The summed E-state index contributed by atoms with van der Waals surface area (Å²) in [5, 5.41) is 0. The zero-order valence-electron chi connectivity index (χ0n) is 14.6. The van der Waals surface area contributed by atoms with E-state index in [9.17, 15) is 26.4 Å². The standard InChI is InChI=1S/C19H17F3N2O3S/c20-19(21,22)28(26,27)23-17-9-5-4-8-16(17)13-24-11-10-15(18(24)25)12-14-6-2-1-3-7-14/h1-9,12,23H,10-11,13H2/b15-12+. The van der Waals surface area contributed by atoms with E-state index < -0.39 is 15.5 Å². The van der Waals surface area contributed by atoms with Gasteiger partial charge in [0, 0.05) is 18.7 Å². The first-order valence-electron chi connectivity index (χ1n) is 8.39. The number of alkyl halides is 3. The lowest BCUT2D eigenvalue weighted by Gasteiger charge is -2.19. The molecule has 1 heterocycles. The molecule has 1 N–H and O–H groups in total. The van der Waals surface area contributed by atoms with E-state index in [1.807, 2.05) is 30.3 Å². The van der Waals surface area contributed by atoms with Gasteiger partial charge in [0.1, 0.15) is 0 Å². The summed E-state index contributed by atoms with van der Waals surface area (Å²) in [5.74, 6) is -0.225. The normalized spacial score (nSPS) is 16.6. The first kappa shape index (κ1) is 19.9. The predicted octanol–water partition coefficient (Wildman–Crippen LogP) is 3.76. The third-order valence-corrected chi connectivity index (χ3v) is 5.38. The number of amides is 1. The van der Waals surface area contributed by atoms with Gasteiger partial charge in [-0.2, -0.15) is 21.6 Å². The minimum absolute atomic E-state index is 0.00150. The highest BCUT2D eigenvalue weighted by Crippen LogP contribution is 2.29. The van der Waals surface area contributed by atoms with Crippen LogP contribution in [0.2, 0.25) is 0 Å². The van der Waals surface area contributed by atoms with Crippen molar-refractivity contribution < 1.29 is 26.4 Å². The number of benzene rings is 2. The van der Waals surface area contributed by atoms with Crippen LogP contribution < -0.4 is 4.72 Å². The Hall–Kier alpha value is -2.81. The van der Waals surface area contributed by atoms with Gasteiger partial charge in [0.2, 0.25) is 5.91 Å². The van der Waals surface area contributed by atoms with Crippen LogP contribution in [0.25, 0.3) is 6.08 Å². The highest BCUT2D eigenvalue weighted by molar-refractivity contribution is 7.93. The van der Waals surface area contributed by atoms with Crippen molar-refractivity contribution in [1.82, 2.24) is 4.90 Å². The van der Waals surface area contributed by atoms with Crippen LogP contribution in [0, 0.1) is 0 Å². The fourth-order valence-electron chi connectivity index (χ4n) is 2.87. The zero-order valence-corrected chi connectivity index (χ0v) is 15.4. The lowest BCUT2D eigenvalue weighted by molar-refractivity contribution is -0.125. The summed E-state index contributed by atoms with van der Waals surface area (Å²) in [6.45, 7) is 0.402. The maximum absolute atomic E-state index is 12.7. The minimum atomic E-state index is -5.54. The first-order valence-corrected chi connectivity index (χ1v) is 9.87. The van der Waals surface area contributed by atoms with Crippen molar-refractivity contribution in [1.29, 1.82) is 0 Å². The average molecular weight is 410 g/mol. The van der Waals surface area contributed by atoms with Crippen molar-refractivity contribution >= 4 is 27.7 Å². The van der Waals surface area contributed by atoms with E-state index in [1.54, 1.807) is 16.9 Å². The molecule has 0 atom stereocenters. The highest BCUT2D eigenvalue weighted by atomic mass is 32.2. The van der Waals surface area contributed by atoms with Gasteiger partial charge in [-0.1, -0.05) is 48.5 Å². The number of sulfonamides is 1. The van der Waals surface area contributed by atoms with Gasteiger partial charge in [-0.25, -0.2) is 0 Å². The lowest BCUT2D eigenvalue weighted by Crippen LogP contribution is -2.31. The minimum Gasteiger partial charge on any atom is -0.334 e. The smallest absolute Gasteiger partial charge is 0.334 e. The van der Waals surface area contributed by atoms with Crippen LogP contribution in [-0.2, 0) is 21.4 Å². The average Bonchev–Trinajstić information content (AvgIpc) is 2.96. The number of carbonyl (C=O) groups is 1. The highest BCUT2D eigenvalue weighted by Gasteiger charge is 2.46. The van der Waals surface area contributed by atoms with E-state index in [0.29, 0.717) is 18.5 Å². The Bertz CT molecular complexity index is 1000. The fourth-order valence-corrected chi connectivity index (χ4v) is 3.47. The third kappa shape index (κ3) is 4.36. The van der Waals surface area contributed by atoms with E-state index >= 15 is 0 Å². The molecule has 148 valence electrons. The summed E-state index contributed by atoms with van der Waals surface area (Å²) in [7, 11) is -5.54. The Morgan fingerprint density at radius 2 is 1.68 bits per heavy atom. The Balaban J connectivity index is 1.78. The molecule has 1 saturated heterocycles. The van der Waals surface area contributed by atoms with Crippen LogP contribution in [0.3, 0.4) is 0 Å². The van der Waals surface area contributed by atoms with Crippen molar-refractivity contribution in [3.05, 3.63) is 71.3 Å². The molecule has 1 aliphatic heterocycles. The number of nitrogens with one attached hydrogen (secondary N) is 1. The third-order valence-electron chi connectivity index (χ3n) is 4.28. The topological polar surface area (TPSA) is 66.5 Å². The maximum Gasteiger partial charge on any atom is 0.516 e. The molecule has 0 bridgehead atoms. The van der Waals surface area contributed by atoms with Gasteiger partial charge >= 0.3 is 15.5 Å². The molecule has 1 fully saturated rings. The Kier molecular flexibility index (Phi) is 5.46. The van der Waals surface area contributed by atoms with E-state index in [2.05, 4.69) is 0 Å². The number of rotatable bonds is 5. The largest absolute Gasteiger partial charge is 0.516 e. The van der Waals surface area contributed by atoms with E-state index in [1.165, 1.54) is 23.1 Å². The molecule has 28 heavy (non-hydrogen) atoms. The second-order valence-corrected chi connectivity index (χ2v) is 7.94. The van der Waals surface area contributed by atoms with Gasteiger partial charge in [-0.3, -0.25) is 9.52 Å². The maximum atomic E-state index is 12.7. The van der Waals surface area contributed by atoms with Crippen LogP contribution in [0.15, 0.2) is 60.2 Å². The molecule has 0 spiro atoms. The van der Waals surface area contributed by atoms with Crippen molar-refractivity contribution in [3.63, 3.8) is 0 Å². The number of hydrogen-bond acceptors (Lipinski definition) is 3. The number of likely N-dealkylation sites (tertiary alicyclic amines) is 1. The fraction of sp³-hybridized carbons (Fsp3) is 0.211. The molecule has 0 unspecified atom stereocenters. The van der Waals surface area contributed by atoms with Crippen LogP contribution >= 0.6 is 0 Å². The van der Waals surface area contributed by atoms with Crippen LogP contribution in [-0.4, -0.2) is 31.3 Å². The molecular weight excluding hydrogens is 393 g/mol. The Morgan fingerprint density at radius 3 is 2.36 bits per heavy atom. The molecule has 9 heteroatoms. The molecular formula is C19H17F3N2O3S. The molecule has 0 radical (unpaired) electrons. The lowest BCUT2D eigenvalue weighted by atomic mass is 10.1. The number of para-hydroxylation sites is 1. The number of halogens is 3. The molecule has 1 amide bonds. The summed E-state index contributed by atoms with van der Waals surface area (Å²) in [6, 6.07) is 15.0. The van der Waals surface area contributed by atoms with E-state index in [0.717, 1.165) is 5.56 Å². The monoisotopic (exact) mass is 410 g/mol. The van der Waals surface area contributed by atoms with Crippen molar-refractivity contribution in [2.75, 3.05) is 11.3 Å². The van der Waals surface area contributed by atoms with Crippen LogP contribution in [0.1, 0.15) is 17.5 Å². The molecule has 2 aromatic carbocycles. The zero-order chi connectivity index (χ0) is 20.4. The number of nitrogens with zero attached hydrogens (tertiary/aromatic N) is 1.